The van der Waals surface area contributed by atoms with E-state index in [0.29, 0.717) is 0 Å². The van der Waals surface area contributed by atoms with E-state index < -0.39 is 5.60 Å². The summed E-state index contributed by atoms with van der Waals surface area (Å²) in [5.41, 5.74) is -0.502. The standard InChI is InChI=1S/C15H31N3O2/c1-14(2,3)12(11-10-16-8-9-18(11)7)17-13(19)20-15(4,5)6/h11-12,16H,8-10H2,1-7H3,(H,17,19). The molecule has 1 rings (SSSR count). The van der Waals surface area contributed by atoms with Crippen molar-refractivity contribution in [2.75, 3.05) is 26.7 Å². The maximum absolute atomic E-state index is 12.1. The number of amides is 1. The molecule has 2 unspecified atom stereocenters. The minimum Gasteiger partial charge on any atom is -0.444 e. The fraction of sp³-hybridized carbons (Fsp3) is 0.933. The molecule has 0 bridgehead atoms. The highest BCUT2D eigenvalue weighted by atomic mass is 16.6. The van der Waals surface area contributed by atoms with Crippen molar-refractivity contribution in [1.29, 1.82) is 0 Å². The van der Waals surface area contributed by atoms with Gasteiger partial charge in [-0.1, -0.05) is 20.8 Å². The zero-order chi connectivity index (χ0) is 15.6. The van der Waals surface area contributed by atoms with Crippen LogP contribution in [0.25, 0.3) is 0 Å². The van der Waals surface area contributed by atoms with Crippen LogP contribution >= 0.6 is 0 Å². The second-order valence-electron chi connectivity index (χ2n) is 7.74. The van der Waals surface area contributed by atoms with Crippen LogP contribution in [0.1, 0.15) is 41.5 Å². The summed E-state index contributed by atoms with van der Waals surface area (Å²) in [4.78, 5) is 14.4. The summed E-state index contributed by atoms with van der Waals surface area (Å²) >= 11 is 0. The van der Waals surface area contributed by atoms with Crippen LogP contribution in [0.3, 0.4) is 0 Å². The van der Waals surface area contributed by atoms with Crippen LogP contribution in [-0.4, -0.2) is 55.4 Å². The molecule has 0 aromatic carbocycles. The Kier molecular flexibility index (Phi) is 5.44. The van der Waals surface area contributed by atoms with Crippen molar-refractivity contribution in [1.82, 2.24) is 15.5 Å². The van der Waals surface area contributed by atoms with Gasteiger partial charge in [0.15, 0.2) is 0 Å². The summed E-state index contributed by atoms with van der Waals surface area (Å²) in [6, 6.07) is 0.311. The summed E-state index contributed by atoms with van der Waals surface area (Å²) in [5.74, 6) is 0. The molecule has 1 fully saturated rings. The number of likely N-dealkylation sites (N-methyl/N-ethyl adjacent to an activating group) is 1. The predicted molar refractivity (Wildman–Crippen MR) is 81.9 cm³/mol. The molecule has 0 spiro atoms. The molecule has 1 aliphatic rings. The number of carbonyl (C=O) groups is 1. The molecule has 2 atom stereocenters. The molecule has 20 heavy (non-hydrogen) atoms. The molecular formula is C15H31N3O2. The van der Waals surface area contributed by atoms with Gasteiger partial charge < -0.3 is 15.4 Å². The van der Waals surface area contributed by atoms with E-state index in [0.717, 1.165) is 19.6 Å². The minimum atomic E-state index is -0.469. The Bertz CT molecular complexity index is 331. The average molecular weight is 285 g/mol. The first kappa shape index (κ1) is 17.2. The molecule has 0 aliphatic carbocycles. The molecule has 5 nitrogen and oxygen atoms in total. The van der Waals surface area contributed by atoms with Crippen molar-refractivity contribution in [2.24, 2.45) is 5.41 Å². The molecule has 1 amide bonds. The third-order valence-electron chi connectivity index (χ3n) is 3.55. The van der Waals surface area contributed by atoms with Gasteiger partial charge in [-0.05, 0) is 33.2 Å². The number of nitrogens with zero attached hydrogens (tertiary/aromatic N) is 1. The van der Waals surface area contributed by atoms with Gasteiger partial charge >= 0.3 is 6.09 Å². The topological polar surface area (TPSA) is 53.6 Å². The number of nitrogens with one attached hydrogen (secondary N) is 2. The largest absolute Gasteiger partial charge is 0.444 e. The summed E-state index contributed by atoms with van der Waals surface area (Å²) in [6.45, 7) is 15.0. The Hall–Kier alpha value is -0.810. The molecule has 118 valence electrons. The molecule has 1 aliphatic heterocycles. The lowest BCUT2D eigenvalue weighted by molar-refractivity contribution is 0.0358. The lowest BCUT2D eigenvalue weighted by Crippen LogP contribution is -2.63. The van der Waals surface area contributed by atoms with E-state index in [1.165, 1.54) is 0 Å². The molecule has 0 aromatic heterocycles. The summed E-state index contributed by atoms with van der Waals surface area (Å²) < 4.78 is 5.40. The van der Waals surface area contributed by atoms with E-state index in [1.807, 2.05) is 20.8 Å². The van der Waals surface area contributed by atoms with Crippen LogP contribution in [0, 0.1) is 5.41 Å². The first-order valence-electron chi connectivity index (χ1n) is 7.41. The van der Waals surface area contributed by atoms with Crippen molar-refractivity contribution in [3.63, 3.8) is 0 Å². The SMILES string of the molecule is CN1CCNCC1C(NC(=O)OC(C)(C)C)C(C)(C)C. The Balaban J connectivity index is 2.77. The zero-order valence-electron chi connectivity index (χ0n) is 14.0. The van der Waals surface area contributed by atoms with E-state index in [9.17, 15) is 4.79 Å². The van der Waals surface area contributed by atoms with E-state index in [4.69, 9.17) is 4.74 Å². The third-order valence-corrected chi connectivity index (χ3v) is 3.55. The fourth-order valence-electron chi connectivity index (χ4n) is 2.52. The van der Waals surface area contributed by atoms with Crippen molar-refractivity contribution >= 4 is 6.09 Å². The number of alkyl carbamates (subject to hydrolysis) is 1. The lowest BCUT2D eigenvalue weighted by Gasteiger charge is -2.44. The first-order valence-corrected chi connectivity index (χ1v) is 7.41. The molecule has 0 aromatic rings. The van der Waals surface area contributed by atoms with Crippen LogP contribution in [-0.2, 0) is 4.74 Å². The molecule has 1 heterocycles. The van der Waals surface area contributed by atoms with Crippen molar-refractivity contribution in [2.45, 2.75) is 59.2 Å². The second-order valence-corrected chi connectivity index (χ2v) is 7.74. The molecule has 0 saturated carbocycles. The average Bonchev–Trinajstić information content (AvgIpc) is 2.23. The highest BCUT2D eigenvalue weighted by Crippen LogP contribution is 2.25. The number of hydrogen-bond acceptors (Lipinski definition) is 4. The fourth-order valence-corrected chi connectivity index (χ4v) is 2.52. The number of carbonyl (C=O) groups excluding carboxylic acids is 1. The monoisotopic (exact) mass is 285 g/mol. The van der Waals surface area contributed by atoms with Crippen molar-refractivity contribution in [3.05, 3.63) is 0 Å². The van der Waals surface area contributed by atoms with Gasteiger partial charge in [0.1, 0.15) is 5.60 Å². The number of rotatable bonds is 2. The Morgan fingerprint density at radius 1 is 1.30 bits per heavy atom. The molecular weight excluding hydrogens is 254 g/mol. The van der Waals surface area contributed by atoms with Gasteiger partial charge in [-0.2, -0.15) is 0 Å². The van der Waals surface area contributed by atoms with Gasteiger partial charge in [0.25, 0.3) is 0 Å². The number of hydrogen-bond donors (Lipinski definition) is 2. The predicted octanol–water partition coefficient (Wildman–Crippen LogP) is 1.83. The lowest BCUT2D eigenvalue weighted by atomic mass is 9.81. The van der Waals surface area contributed by atoms with E-state index >= 15 is 0 Å². The van der Waals surface area contributed by atoms with Gasteiger partial charge in [-0.25, -0.2) is 4.79 Å². The third kappa shape index (κ3) is 5.29. The Morgan fingerprint density at radius 2 is 1.90 bits per heavy atom. The highest BCUT2D eigenvalue weighted by Gasteiger charge is 2.37. The van der Waals surface area contributed by atoms with Crippen LogP contribution in [0.15, 0.2) is 0 Å². The van der Waals surface area contributed by atoms with Crippen LogP contribution in [0.4, 0.5) is 4.79 Å². The van der Waals surface area contributed by atoms with E-state index in [-0.39, 0.29) is 23.6 Å². The molecule has 2 N–H and O–H groups in total. The van der Waals surface area contributed by atoms with Gasteiger partial charge in [0.2, 0.25) is 0 Å². The Morgan fingerprint density at radius 3 is 2.35 bits per heavy atom. The van der Waals surface area contributed by atoms with Crippen LogP contribution < -0.4 is 10.6 Å². The van der Waals surface area contributed by atoms with Gasteiger partial charge in [-0.3, -0.25) is 4.90 Å². The quantitative estimate of drug-likeness (QED) is 0.813. The van der Waals surface area contributed by atoms with Gasteiger partial charge in [0, 0.05) is 25.7 Å². The second kappa shape index (κ2) is 6.31. The zero-order valence-corrected chi connectivity index (χ0v) is 14.0. The Labute approximate surface area is 123 Å². The highest BCUT2D eigenvalue weighted by molar-refractivity contribution is 5.68. The molecule has 5 heteroatoms. The van der Waals surface area contributed by atoms with E-state index in [1.54, 1.807) is 0 Å². The first-order chi connectivity index (χ1) is 9.00. The van der Waals surface area contributed by atoms with Gasteiger partial charge in [-0.15, -0.1) is 0 Å². The maximum Gasteiger partial charge on any atom is 0.407 e. The summed E-state index contributed by atoms with van der Waals surface area (Å²) in [7, 11) is 2.11. The normalized spacial score (nSPS) is 23.2. The summed E-state index contributed by atoms with van der Waals surface area (Å²) in [6.07, 6.45) is -0.337. The minimum absolute atomic E-state index is 0.0329. The van der Waals surface area contributed by atoms with Gasteiger partial charge in [0.05, 0.1) is 6.04 Å². The van der Waals surface area contributed by atoms with E-state index in [2.05, 4.69) is 43.4 Å². The maximum atomic E-state index is 12.1. The molecule has 0 radical (unpaired) electrons. The van der Waals surface area contributed by atoms with Crippen molar-refractivity contribution in [3.8, 4) is 0 Å². The van der Waals surface area contributed by atoms with Crippen LogP contribution in [0.5, 0.6) is 0 Å². The van der Waals surface area contributed by atoms with Crippen molar-refractivity contribution < 1.29 is 9.53 Å². The summed E-state index contributed by atoms with van der Waals surface area (Å²) in [5, 5.41) is 6.48. The smallest absolute Gasteiger partial charge is 0.407 e. The molecule has 1 saturated heterocycles. The number of piperazine rings is 1. The number of ether oxygens (including phenoxy) is 1. The van der Waals surface area contributed by atoms with Crippen LogP contribution in [0.2, 0.25) is 0 Å².